The number of fused-ring (bicyclic) bond motifs is 2. The second kappa shape index (κ2) is 8.88. The summed E-state index contributed by atoms with van der Waals surface area (Å²) in [7, 11) is -3.65. The van der Waals surface area contributed by atoms with Crippen molar-refractivity contribution in [1.82, 2.24) is 9.97 Å². The number of imidazole rings is 1. The summed E-state index contributed by atoms with van der Waals surface area (Å²) >= 11 is 1.57. The highest BCUT2D eigenvalue weighted by Gasteiger charge is 2.27. The molecule has 4 aromatic rings. The van der Waals surface area contributed by atoms with Crippen molar-refractivity contribution in [2.45, 2.75) is 32.6 Å². The summed E-state index contributed by atoms with van der Waals surface area (Å²) in [6, 6.07) is 15.0. The first-order valence-corrected chi connectivity index (χ1v) is 13.9. The van der Waals surface area contributed by atoms with Crippen LogP contribution in [0, 0.1) is 6.92 Å². The summed E-state index contributed by atoms with van der Waals surface area (Å²) in [5.41, 5.74) is 5.25. The standard InChI is InChI=1S/C25H26N4O3S2/c1-16-9-3-7-13-20(16)29(34(2,31)32)15-22(30)28-25-23(17-10-4-8-14-21(17)33-25)24-26-18-11-5-6-12-19(18)27-24/h3,5-7,9,11-13H,4,8,10,14-15H2,1-2H3,(H,26,27)(H,28,30). The van der Waals surface area contributed by atoms with E-state index >= 15 is 0 Å². The maximum Gasteiger partial charge on any atom is 0.245 e. The Hall–Kier alpha value is -3.17. The molecule has 7 nitrogen and oxygen atoms in total. The van der Waals surface area contributed by atoms with Crippen molar-refractivity contribution < 1.29 is 13.2 Å². The molecule has 0 unspecified atom stereocenters. The van der Waals surface area contributed by atoms with Gasteiger partial charge >= 0.3 is 0 Å². The molecular weight excluding hydrogens is 468 g/mol. The molecule has 176 valence electrons. The summed E-state index contributed by atoms with van der Waals surface area (Å²) in [6.45, 7) is 1.53. The smallest absolute Gasteiger partial charge is 0.245 e. The second-order valence-corrected chi connectivity index (χ2v) is 11.6. The van der Waals surface area contributed by atoms with Gasteiger partial charge in [-0.1, -0.05) is 30.3 Å². The number of rotatable bonds is 6. The minimum Gasteiger partial charge on any atom is -0.338 e. The lowest BCUT2D eigenvalue weighted by Gasteiger charge is -2.23. The van der Waals surface area contributed by atoms with Gasteiger partial charge in [0.15, 0.2) is 0 Å². The van der Waals surface area contributed by atoms with E-state index in [1.54, 1.807) is 23.5 Å². The SMILES string of the molecule is Cc1ccccc1N(CC(=O)Nc1sc2c(c1-c1nc3ccccc3[nH]1)CCCC2)S(C)(=O)=O. The molecule has 2 aromatic heterocycles. The number of amides is 1. The van der Waals surface area contributed by atoms with Gasteiger partial charge in [0.2, 0.25) is 15.9 Å². The van der Waals surface area contributed by atoms with Crippen LogP contribution in [0.3, 0.4) is 0 Å². The maximum atomic E-state index is 13.2. The first kappa shape index (κ1) is 22.6. The number of hydrogen-bond donors (Lipinski definition) is 2. The number of aryl methyl sites for hydroxylation is 2. The van der Waals surface area contributed by atoms with Gasteiger partial charge in [0.25, 0.3) is 0 Å². The number of H-pyrrole nitrogens is 1. The van der Waals surface area contributed by atoms with Crippen LogP contribution < -0.4 is 9.62 Å². The predicted molar refractivity (Wildman–Crippen MR) is 138 cm³/mol. The Balaban J connectivity index is 1.50. The van der Waals surface area contributed by atoms with Crippen LogP contribution in [0.5, 0.6) is 0 Å². The van der Waals surface area contributed by atoms with Crippen LogP contribution in [0.4, 0.5) is 10.7 Å². The van der Waals surface area contributed by atoms with E-state index in [0.29, 0.717) is 10.7 Å². The summed E-state index contributed by atoms with van der Waals surface area (Å²) in [6.07, 6.45) is 5.25. The zero-order valence-corrected chi connectivity index (χ0v) is 20.7. The number of nitrogens with one attached hydrogen (secondary N) is 2. The molecule has 2 heterocycles. The number of aromatic amines is 1. The van der Waals surface area contributed by atoms with Crippen LogP contribution in [0.15, 0.2) is 48.5 Å². The molecule has 0 saturated carbocycles. The van der Waals surface area contributed by atoms with E-state index in [1.165, 1.54) is 10.4 Å². The molecule has 1 aliphatic carbocycles. The largest absolute Gasteiger partial charge is 0.338 e. The molecule has 0 saturated heterocycles. The van der Waals surface area contributed by atoms with E-state index in [4.69, 9.17) is 4.98 Å². The number of anilines is 2. The Bertz CT molecular complexity index is 1450. The highest BCUT2D eigenvalue weighted by atomic mass is 32.2. The quantitative estimate of drug-likeness (QED) is 0.399. The highest BCUT2D eigenvalue weighted by Crippen LogP contribution is 2.43. The van der Waals surface area contributed by atoms with Crippen LogP contribution in [0.25, 0.3) is 22.4 Å². The highest BCUT2D eigenvalue weighted by molar-refractivity contribution is 7.92. The molecule has 34 heavy (non-hydrogen) atoms. The number of carbonyl (C=O) groups excluding carboxylic acids is 1. The summed E-state index contributed by atoms with van der Waals surface area (Å²) in [5.74, 6) is 0.347. The molecule has 1 aliphatic rings. The van der Waals surface area contributed by atoms with E-state index in [-0.39, 0.29) is 12.5 Å². The number of benzene rings is 2. The summed E-state index contributed by atoms with van der Waals surface area (Å²) in [4.78, 5) is 22.6. The number of aromatic nitrogens is 2. The van der Waals surface area contributed by atoms with Gasteiger partial charge in [0.1, 0.15) is 17.4 Å². The van der Waals surface area contributed by atoms with Gasteiger partial charge in [0.05, 0.1) is 28.5 Å². The Morgan fingerprint density at radius 3 is 2.62 bits per heavy atom. The lowest BCUT2D eigenvalue weighted by Crippen LogP contribution is -2.37. The van der Waals surface area contributed by atoms with Crippen molar-refractivity contribution in [3.05, 3.63) is 64.5 Å². The fraction of sp³-hybridized carbons (Fsp3) is 0.280. The average molecular weight is 495 g/mol. The fourth-order valence-corrected chi connectivity index (χ4v) is 6.72. The van der Waals surface area contributed by atoms with Crippen molar-refractivity contribution in [3.63, 3.8) is 0 Å². The van der Waals surface area contributed by atoms with Crippen LogP contribution >= 0.6 is 11.3 Å². The monoisotopic (exact) mass is 494 g/mol. The third kappa shape index (κ3) is 4.33. The molecule has 0 spiro atoms. The molecule has 0 radical (unpaired) electrons. The van der Waals surface area contributed by atoms with Crippen LogP contribution in [0.2, 0.25) is 0 Å². The van der Waals surface area contributed by atoms with Gasteiger partial charge in [-0.05, 0) is 61.9 Å². The zero-order valence-electron chi connectivity index (χ0n) is 19.1. The Kier molecular flexibility index (Phi) is 5.91. The molecule has 9 heteroatoms. The predicted octanol–water partition coefficient (Wildman–Crippen LogP) is 4.88. The molecule has 0 bridgehead atoms. The van der Waals surface area contributed by atoms with Crippen molar-refractivity contribution in [3.8, 4) is 11.4 Å². The molecule has 2 N–H and O–H groups in total. The third-order valence-corrected chi connectivity index (χ3v) is 8.46. The number of carbonyl (C=O) groups is 1. The van der Waals surface area contributed by atoms with E-state index in [9.17, 15) is 13.2 Å². The lowest BCUT2D eigenvalue weighted by molar-refractivity contribution is -0.114. The maximum absolute atomic E-state index is 13.2. The van der Waals surface area contributed by atoms with Gasteiger partial charge < -0.3 is 10.3 Å². The molecule has 1 amide bonds. The first-order valence-electron chi connectivity index (χ1n) is 11.2. The second-order valence-electron chi connectivity index (χ2n) is 8.62. The Morgan fingerprint density at radius 1 is 1.12 bits per heavy atom. The number of para-hydroxylation sites is 3. The molecule has 2 aromatic carbocycles. The number of hydrogen-bond acceptors (Lipinski definition) is 5. The molecular formula is C25H26N4O3S2. The van der Waals surface area contributed by atoms with Crippen LogP contribution in [-0.4, -0.2) is 37.1 Å². The molecule has 5 rings (SSSR count). The average Bonchev–Trinajstić information content (AvgIpc) is 3.37. The molecule has 0 atom stereocenters. The van der Waals surface area contributed by atoms with Gasteiger partial charge in [-0.3, -0.25) is 9.10 Å². The van der Waals surface area contributed by atoms with Crippen molar-refractivity contribution in [1.29, 1.82) is 0 Å². The minimum atomic E-state index is -3.65. The third-order valence-electron chi connectivity index (χ3n) is 6.12. The van der Waals surface area contributed by atoms with Gasteiger partial charge in [-0.25, -0.2) is 13.4 Å². The van der Waals surface area contributed by atoms with Crippen LogP contribution in [0.1, 0.15) is 28.8 Å². The first-order chi connectivity index (χ1) is 16.3. The summed E-state index contributed by atoms with van der Waals surface area (Å²) in [5, 5.41) is 3.73. The molecule has 0 fully saturated rings. The lowest BCUT2D eigenvalue weighted by atomic mass is 9.95. The Labute approximate surface area is 202 Å². The van der Waals surface area contributed by atoms with Crippen LogP contribution in [-0.2, 0) is 27.7 Å². The van der Waals surface area contributed by atoms with E-state index in [1.807, 2.05) is 43.3 Å². The number of sulfonamides is 1. The van der Waals surface area contributed by atoms with Crippen molar-refractivity contribution >= 4 is 49.0 Å². The summed E-state index contributed by atoms with van der Waals surface area (Å²) < 4.78 is 26.3. The van der Waals surface area contributed by atoms with E-state index in [2.05, 4.69) is 10.3 Å². The topological polar surface area (TPSA) is 95.2 Å². The van der Waals surface area contributed by atoms with E-state index in [0.717, 1.165) is 64.2 Å². The number of thiophene rings is 1. The Morgan fingerprint density at radius 2 is 1.85 bits per heavy atom. The van der Waals surface area contributed by atoms with Crippen molar-refractivity contribution in [2.75, 3.05) is 22.4 Å². The van der Waals surface area contributed by atoms with Gasteiger partial charge in [-0.15, -0.1) is 11.3 Å². The van der Waals surface area contributed by atoms with Gasteiger partial charge in [-0.2, -0.15) is 0 Å². The normalized spacial score (nSPS) is 13.6. The van der Waals surface area contributed by atoms with E-state index < -0.39 is 10.0 Å². The fourth-order valence-electron chi connectivity index (χ4n) is 4.50. The number of nitrogens with zero attached hydrogens (tertiary/aromatic N) is 2. The van der Waals surface area contributed by atoms with Gasteiger partial charge in [0, 0.05) is 4.88 Å². The molecule has 0 aliphatic heterocycles. The zero-order chi connectivity index (χ0) is 23.9. The minimum absolute atomic E-state index is 0.300. The van der Waals surface area contributed by atoms with Crippen molar-refractivity contribution in [2.24, 2.45) is 0 Å².